The van der Waals surface area contributed by atoms with Gasteiger partial charge in [-0.05, 0) is 81.7 Å². The third kappa shape index (κ3) is 3.21. The van der Waals surface area contributed by atoms with Crippen molar-refractivity contribution >= 4 is 6.08 Å². The Balaban J connectivity index is 1.97. The van der Waals surface area contributed by atoms with Crippen LogP contribution in [0, 0.1) is 5.92 Å². The van der Waals surface area contributed by atoms with Gasteiger partial charge in [-0.15, -0.1) is 0 Å². The van der Waals surface area contributed by atoms with Crippen molar-refractivity contribution in [3.63, 3.8) is 0 Å². The highest BCUT2D eigenvalue weighted by Crippen LogP contribution is 2.45. The van der Waals surface area contributed by atoms with E-state index in [4.69, 9.17) is 0 Å². The maximum Gasteiger partial charge on any atom is 0.0320 e. The minimum Gasteiger partial charge on any atom is -0.313 e. The monoisotopic (exact) mass is 307 g/mol. The molecule has 0 spiro atoms. The zero-order chi connectivity index (χ0) is 16.4. The average molecular weight is 307 g/mol. The van der Waals surface area contributed by atoms with Crippen LogP contribution in [0.15, 0.2) is 47.6 Å². The van der Waals surface area contributed by atoms with Gasteiger partial charge in [-0.3, -0.25) is 0 Å². The van der Waals surface area contributed by atoms with E-state index in [2.05, 4.69) is 75.6 Å². The van der Waals surface area contributed by atoms with Crippen LogP contribution in [0.2, 0.25) is 0 Å². The fourth-order valence-corrected chi connectivity index (χ4v) is 4.21. The highest BCUT2D eigenvalue weighted by molar-refractivity contribution is 5.53. The van der Waals surface area contributed by atoms with Crippen molar-refractivity contribution in [1.82, 2.24) is 5.32 Å². The zero-order valence-corrected chi connectivity index (χ0v) is 14.9. The van der Waals surface area contributed by atoms with Crippen molar-refractivity contribution in [1.29, 1.82) is 0 Å². The Hall–Kier alpha value is -1.60. The van der Waals surface area contributed by atoms with E-state index < -0.39 is 0 Å². The van der Waals surface area contributed by atoms with Crippen molar-refractivity contribution in [3.05, 3.63) is 64.3 Å². The Bertz CT molecular complexity index is 663. The smallest absolute Gasteiger partial charge is 0.0320 e. The van der Waals surface area contributed by atoms with Crippen molar-refractivity contribution < 1.29 is 0 Å². The molecule has 1 heteroatoms. The molecule has 1 nitrogen and oxygen atoms in total. The lowest BCUT2D eigenvalue weighted by Gasteiger charge is -2.36. The third-order valence-electron chi connectivity index (χ3n) is 5.66. The van der Waals surface area contributed by atoms with E-state index >= 15 is 0 Å². The third-order valence-corrected chi connectivity index (χ3v) is 5.66. The summed E-state index contributed by atoms with van der Waals surface area (Å²) in [7, 11) is 2.09. The Morgan fingerprint density at radius 1 is 1.09 bits per heavy atom. The molecular formula is C22H29N. The Morgan fingerprint density at radius 2 is 1.91 bits per heavy atom. The number of benzene rings is 1. The lowest BCUT2D eigenvalue weighted by molar-refractivity contribution is 0.386. The first kappa shape index (κ1) is 16.3. The van der Waals surface area contributed by atoms with E-state index in [1.165, 1.54) is 41.5 Å². The molecule has 3 atom stereocenters. The lowest BCUT2D eigenvalue weighted by atomic mass is 9.71. The molecule has 0 saturated heterocycles. The molecule has 0 saturated carbocycles. The second kappa shape index (κ2) is 6.88. The summed E-state index contributed by atoms with van der Waals surface area (Å²) in [6.07, 6.45) is 13.0. The molecule has 0 aromatic heterocycles. The Morgan fingerprint density at radius 3 is 2.61 bits per heavy atom. The molecule has 1 N–H and O–H groups in total. The summed E-state index contributed by atoms with van der Waals surface area (Å²) in [6, 6.07) is 7.55. The molecule has 0 amide bonds. The molecule has 2 aliphatic rings. The summed E-state index contributed by atoms with van der Waals surface area (Å²) >= 11 is 0. The number of hydrogen-bond donors (Lipinski definition) is 1. The molecule has 3 rings (SSSR count). The van der Waals surface area contributed by atoms with E-state index in [0.29, 0.717) is 17.9 Å². The van der Waals surface area contributed by atoms with Gasteiger partial charge in [-0.25, -0.2) is 0 Å². The predicted molar refractivity (Wildman–Crippen MR) is 101 cm³/mol. The number of hydrogen-bond acceptors (Lipinski definition) is 1. The quantitative estimate of drug-likeness (QED) is 0.747. The van der Waals surface area contributed by atoms with Gasteiger partial charge in [0.05, 0.1) is 0 Å². The first-order valence-corrected chi connectivity index (χ1v) is 8.93. The largest absolute Gasteiger partial charge is 0.313 e. The second-order valence-electron chi connectivity index (χ2n) is 7.05. The molecule has 0 bridgehead atoms. The van der Waals surface area contributed by atoms with Gasteiger partial charge in [0, 0.05) is 6.04 Å². The molecule has 1 aromatic rings. The predicted octanol–water partition coefficient (Wildman–Crippen LogP) is 5.77. The van der Waals surface area contributed by atoms with Crippen molar-refractivity contribution in [3.8, 4) is 0 Å². The standard InChI is InChI=1S/C22H29N/c1-5-6-17-8-10-20-19(11-12-22(23-4)21(20)14-17)18-9-7-15(2)16(3)13-18/h5-8,10,13-14,18-19,22-23H,9,11-12H2,1-4H3/b6-5+/t18?,19-,22-/m0/s1. The normalized spacial score (nSPS) is 27.6. The fourth-order valence-electron chi connectivity index (χ4n) is 4.21. The molecule has 0 fully saturated rings. The van der Waals surface area contributed by atoms with E-state index in [1.54, 1.807) is 5.56 Å². The van der Waals surface area contributed by atoms with Gasteiger partial charge in [0.2, 0.25) is 0 Å². The van der Waals surface area contributed by atoms with Crippen LogP contribution in [0.5, 0.6) is 0 Å². The lowest BCUT2D eigenvalue weighted by Crippen LogP contribution is -2.27. The summed E-state index contributed by atoms with van der Waals surface area (Å²) in [5.74, 6) is 1.32. The number of rotatable bonds is 3. The SMILES string of the molecule is C/C=C/c1ccc2c(c1)[C@@H](NC)CC[C@H]2C1C=C(C)C(C)=CC1. The summed E-state index contributed by atoms with van der Waals surface area (Å²) in [5, 5.41) is 3.52. The molecule has 1 unspecified atom stereocenters. The van der Waals surface area contributed by atoms with Crippen LogP contribution >= 0.6 is 0 Å². The van der Waals surface area contributed by atoms with Gasteiger partial charge in [0.1, 0.15) is 0 Å². The first-order chi connectivity index (χ1) is 11.1. The summed E-state index contributed by atoms with van der Waals surface area (Å²) in [6.45, 7) is 6.58. The van der Waals surface area contributed by atoms with Crippen LogP contribution in [0.1, 0.15) is 68.7 Å². The van der Waals surface area contributed by atoms with Crippen LogP contribution in [-0.2, 0) is 0 Å². The molecule has 0 radical (unpaired) electrons. The molecule has 1 aromatic carbocycles. The van der Waals surface area contributed by atoms with Gasteiger partial charge < -0.3 is 5.32 Å². The molecular weight excluding hydrogens is 278 g/mol. The van der Waals surface area contributed by atoms with Crippen molar-refractivity contribution in [2.75, 3.05) is 7.05 Å². The molecule has 2 aliphatic carbocycles. The van der Waals surface area contributed by atoms with Crippen LogP contribution in [-0.4, -0.2) is 7.05 Å². The molecule has 122 valence electrons. The summed E-state index contributed by atoms with van der Waals surface area (Å²) in [5.41, 5.74) is 7.30. The number of allylic oxidation sites excluding steroid dienone is 5. The highest BCUT2D eigenvalue weighted by atomic mass is 14.9. The maximum absolute atomic E-state index is 3.52. The van der Waals surface area contributed by atoms with Crippen LogP contribution in [0.4, 0.5) is 0 Å². The maximum atomic E-state index is 3.52. The zero-order valence-electron chi connectivity index (χ0n) is 14.9. The van der Waals surface area contributed by atoms with Gasteiger partial charge in [-0.2, -0.15) is 0 Å². The van der Waals surface area contributed by atoms with Gasteiger partial charge in [-0.1, -0.05) is 47.6 Å². The fraction of sp³-hybridized carbons (Fsp3) is 0.455. The van der Waals surface area contributed by atoms with Gasteiger partial charge in [0.25, 0.3) is 0 Å². The topological polar surface area (TPSA) is 12.0 Å². The van der Waals surface area contributed by atoms with Crippen LogP contribution in [0.25, 0.3) is 6.08 Å². The Kier molecular flexibility index (Phi) is 4.87. The van der Waals surface area contributed by atoms with E-state index in [0.717, 1.165) is 0 Å². The van der Waals surface area contributed by atoms with Gasteiger partial charge >= 0.3 is 0 Å². The van der Waals surface area contributed by atoms with Crippen LogP contribution in [0.3, 0.4) is 0 Å². The summed E-state index contributed by atoms with van der Waals surface area (Å²) in [4.78, 5) is 0. The molecule has 23 heavy (non-hydrogen) atoms. The minimum atomic E-state index is 0.498. The highest BCUT2D eigenvalue weighted by Gasteiger charge is 2.31. The minimum absolute atomic E-state index is 0.498. The van der Waals surface area contributed by atoms with E-state index in [9.17, 15) is 0 Å². The molecule has 0 heterocycles. The van der Waals surface area contributed by atoms with Crippen molar-refractivity contribution in [2.24, 2.45) is 5.92 Å². The van der Waals surface area contributed by atoms with Gasteiger partial charge in [0.15, 0.2) is 0 Å². The second-order valence-corrected chi connectivity index (χ2v) is 7.05. The average Bonchev–Trinajstić information content (AvgIpc) is 2.56. The summed E-state index contributed by atoms with van der Waals surface area (Å²) < 4.78 is 0. The van der Waals surface area contributed by atoms with E-state index in [-0.39, 0.29) is 0 Å². The first-order valence-electron chi connectivity index (χ1n) is 8.93. The van der Waals surface area contributed by atoms with Crippen molar-refractivity contribution in [2.45, 2.75) is 52.0 Å². The number of nitrogens with one attached hydrogen (secondary N) is 1. The van der Waals surface area contributed by atoms with Crippen LogP contribution < -0.4 is 5.32 Å². The van der Waals surface area contributed by atoms with E-state index in [1.807, 2.05) is 0 Å². The number of fused-ring (bicyclic) bond motifs is 1. The Labute approximate surface area is 141 Å². The molecule has 0 aliphatic heterocycles.